The van der Waals surface area contributed by atoms with Gasteiger partial charge >= 0.3 is 0 Å². The highest BCUT2D eigenvalue weighted by Crippen LogP contribution is 2.43. The van der Waals surface area contributed by atoms with Gasteiger partial charge in [-0.15, -0.1) is 23.5 Å². The molecule has 5 unspecified atom stereocenters. The van der Waals surface area contributed by atoms with Crippen molar-refractivity contribution in [3.63, 3.8) is 0 Å². The van der Waals surface area contributed by atoms with Crippen LogP contribution in [0.1, 0.15) is 63.2 Å². The lowest BCUT2D eigenvalue weighted by Crippen LogP contribution is -2.56. The Balaban J connectivity index is 1.57. The number of thioether (sulfide) groups is 2. The van der Waals surface area contributed by atoms with Crippen molar-refractivity contribution in [2.45, 2.75) is 75.0 Å². The summed E-state index contributed by atoms with van der Waals surface area (Å²) in [4.78, 5) is 0. The number of hydrogen-bond acceptors (Lipinski definition) is 6. The Morgan fingerprint density at radius 1 is 0.758 bits per heavy atom. The van der Waals surface area contributed by atoms with Crippen LogP contribution >= 0.6 is 23.5 Å². The fourth-order valence-corrected chi connectivity index (χ4v) is 7.22. The summed E-state index contributed by atoms with van der Waals surface area (Å²) in [5.74, 6) is 2.26. The molecular formula is C27H36O4S2. The van der Waals surface area contributed by atoms with Crippen LogP contribution in [0, 0.1) is 0 Å². The topological polar surface area (TPSA) is 36.9 Å². The third-order valence-electron chi connectivity index (χ3n) is 5.93. The molecule has 0 saturated carbocycles. The maximum absolute atomic E-state index is 6.71. The van der Waals surface area contributed by atoms with E-state index in [0.717, 1.165) is 22.6 Å². The van der Waals surface area contributed by atoms with Gasteiger partial charge in [0, 0.05) is 11.1 Å². The first kappa shape index (κ1) is 25.1. The normalized spacial score (nSPS) is 27.4. The summed E-state index contributed by atoms with van der Waals surface area (Å²) < 4.78 is 26.1. The van der Waals surface area contributed by atoms with Crippen molar-refractivity contribution in [1.82, 2.24) is 0 Å². The molecule has 0 N–H and O–H groups in total. The van der Waals surface area contributed by atoms with E-state index in [9.17, 15) is 0 Å². The van der Waals surface area contributed by atoms with Crippen LogP contribution in [0.5, 0.6) is 0 Å². The van der Waals surface area contributed by atoms with Crippen LogP contribution in [0.2, 0.25) is 0 Å². The molecule has 6 heteroatoms. The van der Waals surface area contributed by atoms with Crippen LogP contribution < -0.4 is 0 Å². The number of hydrogen-bond donors (Lipinski definition) is 0. The summed E-state index contributed by atoms with van der Waals surface area (Å²) in [6.45, 7) is 5.00. The van der Waals surface area contributed by atoms with Crippen LogP contribution in [0.15, 0.2) is 60.7 Å². The summed E-state index contributed by atoms with van der Waals surface area (Å²) >= 11 is 4.03. The summed E-state index contributed by atoms with van der Waals surface area (Å²) in [6.07, 6.45) is 3.63. The monoisotopic (exact) mass is 488 g/mol. The Kier molecular flexibility index (Phi) is 10.0. The lowest BCUT2D eigenvalue weighted by Gasteiger charge is -2.48. The van der Waals surface area contributed by atoms with Crippen molar-refractivity contribution >= 4 is 23.5 Å². The van der Waals surface area contributed by atoms with E-state index in [4.69, 9.17) is 18.9 Å². The molecule has 5 atom stereocenters. The minimum Gasteiger partial charge on any atom is -0.346 e. The third-order valence-corrected chi connectivity index (χ3v) is 8.99. The van der Waals surface area contributed by atoms with Crippen LogP contribution in [0.4, 0.5) is 0 Å². The molecule has 2 aromatic rings. The van der Waals surface area contributed by atoms with E-state index in [2.05, 4.69) is 38.1 Å². The van der Waals surface area contributed by atoms with Crippen molar-refractivity contribution in [2.75, 3.05) is 18.1 Å². The molecule has 2 aliphatic heterocycles. The SMILES string of the molecule is CCCCSC(SCCCC)C1OC(c2ccccc2)OC2COC(c3ccccc3)OC21. The molecule has 2 fully saturated rings. The number of ether oxygens (including phenoxy) is 4. The molecular weight excluding hydrogens is 452 g/mol. The standard InChI is InChI=1S/C27H36O4S2/c1-3-5-17-32-27(33-18-6-4-2)24-23-22(29-26(31-24)21-15-11-8-12-16-21)19-28-25(30-23)20-13-9-7-10-14-20/h7-16,22-27H,3-6,17-19H2,1-2H3. The second-order valence-electron chi connectivity index (χ2n) is 8.51. The Hall–Kier alpha value is -1.02. The molecule has 0 aliphatic carbocycles. The zero-order valence-electron chi connectivity index (χ0n) is 19.6. The maximum Gasteiger partial charge on any atom is 0.184 e. The quantitative estimate of drug-likeness (QED) is 0.251. The van der Waals surface area contributed by atoms with Gasteiger partial charge < -0.3 is 18.9 Å². The van der Waals surface area contributed by atoms with Gasteiger partial charge in [-0.1, -0.05) is 87.4 Å². The minimum absolute atomic E-state index is 0.0761. The van der Waals surface area contributed by atoms with Gasteiger partial charge in [0.05, 0.1) is 11.2 Å². The van der Waals surface area contributed by atoms with Gasteiger partial charge in [0.2, 0.25) is 0 Å². The third kappa shape index (κ3) is 6.77. The molecule has 0 spiro atoms. The van der Waals surface area contributed by atoms with Crippen molar-refractivity contribution in [1.29, 1.82) is 0 Å². The molecule has 0 aromatic heterocycles. The Labute approximate surface area is 207 Å². The van der Waals surface area contributed by atoms with Crippen LogP contribution in [-0.2, 0) is 18.9 Å². The second kappa shape index (κ2) is 13.2. The molecule has 2 heterocycles. The lowest BCUT2D eigenvalue weighted by molar-refractivity contribution is -0.361. The van der Waals surface area contributed by atoms with Crippen molar-refractivity contribution in [3.05, 3.63) is 71.8 Å². The average molecular weight is 489 g/mol. The maximum atomic E-state index is 6.71. The molecule has 180 valence electrons. The summed E-state index contributed by atoms with van der Waals surface area (Å²) in [5.41, 5.74) is 2.08. The second-order valence-corrected chi connectivity index (χ2v) is 11.3. The highest BCUT2D eigenvalue weighted by molar-refractivity contribution is 8.17. The smallest absolute Gasteiger partial charge is 0.184 e. The van der Waals surface area contributed by atoms with Crippen molar-refractivity contribution in [3.8, 4) is 0 Å². The number of rotatable bonds is 11. The molecule has 0 bridgehead atoms. The molecule has 33 heavy (non-hydrogen) atoms. The van der Waals surface area contributed by atoms with E-state index >= 15 is 0 Å². The Morgan fingerprint density at radius 3 is 1.91 bits per heavy atom. The molecule has 2 aliphatic rings. The summed E-state index contributed by atoms with van der Waals surface area (Å²) in [5, 5.41) is 0. The predicted molar refractivity (Wildman–Crippen MR) is 137 cm³/mol. The minimum atomic E-state index is -0.404. The number of benzene rings is 2. The van der Waals surface area contributed by atoms with E-state index in [-0.39, 0.29) is 18.3 Å². The predicted octanol–water partition coefficient (Wildman–Crippen LogP) is 6.98. The fraction of sp³-hybridized carbons (Fsp3) is 0.556. The largest absolute Gasteiger partial charge is 0.346 e. The molecule has 4 rings (SSSR count). The zero-order chi connectivity index (χ0) is 22.9. The highest BCUT2D eigenvalue weighted by atomic mass is 32.2. The number of unbranched alkanes of at least 4 members (excludes halogenated alkanes) is 2. The molecule has 2 saturated heterocycles. The Bertz CT molecular complexity index is 796. The summed E-state index contributed by atoms with van der Waals surface area (Å²) in [7, 11) is 0. The van der Waals surface area contributed by atoms with Gasteiger partial charge in [-0.2, -0.15) is 0 Å². The van der Waals surface area contributed by atoms with Gasteiger partial charge in [-0.3, -0.25) is 0 Å². The van der Waals surface area contributed by atoms with Crippen LogP contribution in [-0.4, -0.2) is 41.0 Å². The van der Waals surface area contributed by atoms with E-state index in [0.29, 0.717) is 11.2 Å². The van der Waals surface area contributed by atoms with Gasteiger partial charge in [-0.05, 0) is 24.3 Å². The van der Waals surface area contributed by atoms with E-state index in [1.54, 1.807) is 0 Å². The van der Waals surface area contributed by atoms with Gasteiger partial charge in [0.1, 0.15) is 18.3 Å². The van der Waals surface area contributed by atoms with Gasteiger partial charge in [0.25, 0.3) is 0 Å². The first-order valence-electron chi connectivity index (χ1n) is 12.2. The van der Waals surface area contributed by atoms with Gasteiger partial charge in [-0.25, -0.2) is 0 Å². The van der Waals surface area contributed by atoms with Crippen LogP contribution in [0.25, 0.3) is 0 Å². The molecule has 4 nitrogen and oxygen atoms in total. The highest BCUT2D eigenvalue weighted by Gasteiger charge is 2.48. The average Bonchev–Trinajstić information content (AvgIpc) is 2.88. The molecule has 0 amide bonds. The van der Waals surface area contributed by atoms with Crippen LogP contribution in [0.3, 0.4) is 0 Å². The van der Waals surface area contributed by atoms with E-state index in [1.807, 2.05) is 59.9 Å². The lowest BCUT2D eigenvalue weighted by atomic mass is 10.0. The zero-order valence-corrected chi connectivity index (χ0v) is 21.3. The first-order valence-corrected chi connectivity index (χ1v) is 14.3. The van der Waals surface area contributed by atoms with E-state index < -0.39 is 12.6 Å². The molecule has 0 radical (unpaired) electrons. The van der Waals surface area contributed by atoms with Crippen molar-refractivity contribution < 1.29 is 18.9 Å². The molecule has 2 aromatic carbocycles. The Morgan fingerprint density at radius 2 is 1.33 bits per heavy atom. The van der Waals surface area contributed by atoms with Crippen molar-refractivity contribution in [2.24, 2.45) is 0 Å². The number of fused-ring (bicyclic) bond motifs is 1. The van der Waals surface area contributed by atoms with Gasteiger partial charge in [0.15, 0.2) is 12.6 Å². The summed E-state index contributed by atoms with van der Waals surface area (Å²) in [6, 6.07) is 20.4. The van der Waals surface area contributed by atoms with E-state index in [1.165, 1.54) is 25.7 Å². The first-order chi connectivity index (χ1) is 16.3. The fourth-order valence-electron chi connectivity index (χ4n) is 4.06.